The highest BCUT2D eigenvalue weighted by atomic mass is 16.2. The molecule has 0 saturated carbocycles. The highest BCUT2D eigenvalue weighted by Gasteiger charge is 2.29. The fourth-order valence-corrected chi connectivity index (χ4v) is 4.16. The number of hydrogen-bond donors (Lipinski definition) is 3. The largest absolute Gasteiger partial charge is 0.345 e. The number of nitrogens with one attached hydrogen (secondary N) is 3. The zero-order valence-corrected chi connectivity index (χ0v) is 20.8. The predicted molar refractivity (Wildman–Crippen MR) is 133 cm³/mol. The molecule has 4 rings (SSSR count). The van der Waals surface area contributed by atoms with Gasteiger partial charge in [-0.3, -0.25) is 19.5 Å². The number of amides is 3. The molecule has 2 aromatic heterocycles. The van der Waals surface area contributed by atoms with Gasteiger partial charge in [-0.25, -0.2) is 9.67 Å². The van der Waals surface area contributed by atoms with E-state index in [9.17, 15) is 14.4 Å². The number of aromatic amines is 1. The Bertz CT molecular complexity index is 1190. The van der Waals surface area contributed by atoms with E-state index in [1.807, 2.05) is 44.2 Å². The summed E-state index contributed by atoms with van der Waals surface area (Å²) in [6.07, 6.45) is 3.70. The Morgan fingerprint density at radius 2 is 1.86 bits per heavy atom. The molecule has 11 nitrogen and oxygen atoms in total. The van der Waals surface area contributed by atoms with Gasteiger partial charge in [-0.2, -0.15) is 10.2 Å². The van der Waals surface area contributed by atoms with Gasteiger partial charge in [0.25, 0.3) is 5.91 Å². The third-order valence-electron chi connectivity index (χ3n) is 6.19. The SMILES string of the molecule is CC(C)[C@@H]1NC(=O)[C@@H](C)NC(=O)CCCN(C(=O)c2cn[nH]c2)CCn2nc(-c3ccccc3)nc21. The number of carbonyl (C=O) groups excluding carboxylic acids is 3. The molecule has 0 saturated heterocycles. The third kappa shape index (κ3) is 5.78. The van der Waals surface area contributed by atoms with Crippen LogP contribution in [0.15, 0.2) is 42.7 Å². The Labute approximate surface area is 209 Å². The fraction of sp³-hybridized carbons (Fsp3) is 0.440. The van der Waals surface area contributed by atoms with E-state index < -0.39 is 12.1 Å². The molecular weight excluding hydrogens is 460 g/mol. The van der Waals surface area contributed by atoms with E-state index in [-0.39, 0.29) is 30.1 Å². The van der Waals surface area contributed by atoms with Crippen molar-refractivity contribution in [1.29, 1.82) is 0 Å². The van der Waals surface area contributed by atoms with Crippen LogP contribution in [-0.2, 0) is 16.1 Å². The lowest BCUT2D eigenvalue weighted by Crippen LogP contribution is -2.47. The average molecular weight is 493 g/mol. The normalized spacial score (nSPS) is 19.8. The maximum absolute atomic E-state index is 13.2. The molecule has 36 heavy (non-hydrogen) atoms. The summed E-state index contributed by atoms with van der Waals surface area (Å²) in [7, 11) is 0. The van der Waals surface area contributed by atoms with Crippen molar-refractivity contribution < 1.29 is 14.4 Å². The van der Waals surface area contributed by atoms with Gasteiger partial charge in [0.15, 0.2) is 11.6 Å². The summed E-state index contributed by atoms with van der Waals surface area (Å²) in [6.45, 7) is 6.75. The van der Waals surface area contributed by atoms with Crippen LogP contribution < -0.4 is 10.6 Å². The molecule has 0 bridgehead atoms. The first-order valence-electron chi connectivity index (χ1n) is 12.2. The maximum atomic E-state index is 13.2. The second-order valence-electron chi connectivity index (χ2n) is 9.28. The second kappa shape index (κ2) is 11.1. The van der Waals surface area contributed by atoms with Crippen molar-refractivity contribution in [2.45, 2.75) is 52.2 Å². The van der Waals surface area contributed by atoms with Gasteiger partial charge in [0.1, 0.15) is 6.04 Å². The van der Waals surface area contributed by atoms with E-state index in [1.54, 1.807) is 22.7 Å². The van der Waals surface area contributed by atoms with Gasteiger partial charge in [0.05, 0.1) is 24.3 Å². The molecule has 0 unspecified atom stereocenters. The number of rotatable bonds is 3. The third-order valence-corrected chi connectivity index (χ3v) is 6.19. The molecule has 3 heterocycles. The van der Waals surface area contributed by atoms with E-state index >= 15 is 0 Å². The molecule has 190 valence electrons. The number of benzene rings is 1. The van der Waals surface area contributed by atoms with Crippen LogP contribution in [0, 0.1) is 5.92 Å². The second-order valence-corrected chi connectivity index (χ2v) is 9.28. The molecular formula is C25H32N8O3. The van der Waals surface area contributed by atoms with Gasteiger partial charge >= 0.3 is 0 Å². The predicted octanol–water partition coefficient (Wildman–Crippen LogP) is 1.92. The Morgan fingerprint density at radius 1 is 1.08 bits per heavy atom. The van der Waals surface area contributed by atoms with Crippen LogP contribution in [0.25, 0.3) is 11.4 Å². The van der Waals surface area contributed by atoms with Crippen LogP contribution in [0.4, 0.5) is 0 Å². The minimum atomic E-state index is -0.713. The van der Waals surface area contributed by atoms with E-state index in [0.717, 1.165) is 5.56 Å². The zero-order chi connectivity index (χ0) is 25.7. The summed E-state index contributed by atoms with van der Waals surface area (Å²) < 4.78 is 1.78. The van der Waals surface area contributed by atoms with E-state index in [2.05, 4.69) is 20.8 Å². The van der Waals surface area contributed by atoms with Gasteiger partial charge in [0, 0.05) is 31.3 Å². The summed E-state index contributed by atoms with van der Waals surface area (Å²) in [5.74, 6) is 0.448. The topological polar surface area (TPSA) is 138 Å². The molecule has 3 aromatic rings. The van der Waals surface area contributed by atoms with Crippen molar-refractivity contribution in [3.05, 3.63) is 54.1 Å². The lowest BCUT2D eigenvalue weighted by atomic mass is 10.0. The van der Waals surface area contributed by atoms with Crippen molar-refractivity contribution in [3.8, 4) is 11.4 Å². The van der Waals surface area contributed by atoms with E-state index in [4.69, 9.17) is 10.1 Å². The molecule has 11 heteroatoms. The van der Waals surface area contributed by atoms with Gasteiger partial charge in [-0.1, -0.05) is 44.2 Å². The molecule has 1 aromatic carbocycles. The summed E-state index contributed by atoms with van der Waals surface area (Å²) in [4.78, 5) is 45.1. The average Bonchev–Trinajstić information content (AvgIpc) is 3.54. The van der Waals surface area contributed by atoms with Crippen molar-refractivity contribution in [3.63, 3.8) is 0 Å². The van der Waals surface area contributed by atoms with Gasteiger partial charge in [0.2, 0.25) is 11.8 Å². The van der Waals surface area contributed by atoms with Gasteiger partial charge < -0.3 is 15.5 Å². The number of fused-ring (bicyclic) bond motifs is 1. The first-order chi connectivity index (χ1) is 17.3. The molecule has 0 aliphatic carbocycles. The summed E-state index contributed by atoms with van der Waals surface area (Å²) >= 11 is 0. The maximum Gasteiger partial charge on any atom is 0.257 e. The van der Waals surface area contributed by atoms with E-state index in [1.165, 1.54) is 6.20 Å². The van der Waals surface area contributed by atoms with Crippen LogP contribution in [0.5, 0.6) is 0 Å². The zero-order valence-electron chi connectivity index (χ0n) is 20.8. The monoisotopic (exact) mass is 492 g/mol. The molecule has 0 spiro atoms. The minimum absolute atomic E-state index is 0.00000365. The summed E-state index contributed by atoms with van der Waals surface area (Å²) in [6, 6.07) is 8.47. The lowest BCUT2D eigenvalue weighted by Gasteiger charge is -2.27. The minimum Gasteiger partial charge on any atom is -0.345 e. The van der Waals surface area contributed by atoms with Crippen LogP contribution in [-0.4, -0.2) is 66.7 Å². The van der Waals surface area contributed by atoms with Crippen LogP contribution in [0.2, 0.25) is 0 Å². The van der Waals surface area contributed by atoms with Gasteiger partial charge in [-0.15, -0.1) is 0 Å². The summed E-state index contributed by atoms with van der Waals surface area (Å²) in [5, 5.41) is 17.1. The molecule has 1 aliphatic heterocycles. The molecule has 3 N–H and O–H groups in total. The molecule has 0 fully saturated rings. The Balaban J connectivity index is 1.72. The molecule has 0 radical (unpaired) electrons. The fourth-order valence-electron chi connectivity index (χ4n) is 4.16. The van der Waals surface area contributed by atoms with Crippen LogP contribution >= 0.6 is 0 Å². The number of nitrogens with zero attached hydrogens (tertiary/aromatic N) is 5. The highest BCUT2D eigenvalue weighted by molar-refractivity contribution is 5.93. The number of aromatic nitrogens is 5. The summed E-state index contributed by atoms with van der Waals surface area (Å²) in [5.41, 5.74) is 1.31. The van der Waals surface area contributed by atoms with Gasteiger partial charge in [-0.05, 0) is 19.3 Å². The van der Waals surface area contributed by atoms with Crippen LogP contribution in [0.1, 0.15) is 55.8 Å². The van der Waals surface area contributed by atoms with Crippen molar-refractivity contribution >= 4 is 17.7 Å². The Kier molecular flexibility index (Phi) is 7.77. The van der Waals surface area contributed by atoms with Crippen molar-refractivity contribution in [2.24, 2.45) is 5.92 Å². The van der Waals surface area contributed by atoms with Crippen molar-refractivity contribution in [2.75, 3.05) is 13.1 Å². The van der Waals surface area contributed by atoms with Crippen LogP contribution in [0.3, 0.4) is 0 Å². The quantitative estimate of drug-likeness (QED) is 0.511. The molecule has 1 aliphatic rings. The number of hydrogen-bond acceptors (Lipinski definition) is 6. The smallest absolute Gasteiger partial charge is 0.257 e. The lowest BCUT2D eigenvalue weighted by molar-refractivity contribution is -0.129. The molecule has 3 amide bonds. The standard InChI is InChI=1S/C25H32N8O3/c1-16(2)21-23-30-22(18-8-5-4-6-9-18)31-33(23)13-12-32(25(36)19-14-26-27-15-19)11-7-10-20(34)28-17(3)24(35)29-21/h4-6,8-9,14-17,21H,7,10-13H2,1-3H3,(H,26,27)(H,28,34)(H,29,35)/t17-,21+/m1/s1. The number of carbonyl (C=O) groups is 3. The number of H-pyrrole nitrogens is 1. The highest BCUT2D eigenvalue weighted by Crippen LogP contribution is 2.24. The first kappa shape index (κ1) is 25.1. The molecule has 2 atom stereocenters. The van der Waals surface area contributed by atoms with E-state index in [0.29, 0.717) is 43.3 Å². The Hall–Kier alpha value is -4.02. The first-order valence-corrected chi connectivity index (χ1v) is 12.2. The van der Waals surface area contributed by atoms with Crippen molar-refractivity contribution in [1.82, 2.24) is 40.5 Å². The Morgan fingerprint density at radius 3 is 2.56 bits per heavy atom.